The zero-order valence-corrected chi connectivity index (χ0v) is 35.3. The van der Waals surface area contributed by atoms with E-state index in [0.29, 0.717) is 91.0 Å². The Morgan fingerprint density at radius 3 is 2.11 bits per heavy atom. The van der Waals surface area contributed by atoms with Gasteiger partial charge in [0, 0.05) is 36.0 Å². The van der Waals surface area contributed by atoms with E-state index in [9.17, 15) is 19.5 Å². The van der Waals surface area contributed by atoms with Crippen LogP contribution in [-0.2, 0) is 33.3 Å². The Labute approximate surface area is 357 Å². The van der Waals surface area contributed by atoms with Crippen LogP contribution in [0.1, 0.15) is 56.7 Å². The van der Waals surface area contributed by atoms with Crippen LogP contribution in [0.2, 0.25) is 0 Å². The Morgan fingerprint density at radius 2 is 1.48 bits per heavy atom. The zero-order chi connectivity index (χ0) is 43.7. The second-order valence-electron chi connectivity index (χ2n) is 14.7. The van der Waals surface area contributed by atoms with Crippen LogP contribution in [0.4, 0.5) is 5.82 Å². The number of azide groups is 1. The van der Waals surface area contributed by atoms with E-state index in [2.05, 4.69) is 31.0 Å². The van der Waals surface area contributed by atoms with Gasteiger partial charge in [0.2, 0.25) is 11.8 Å². The quantitative estimate of drug-likeness (QED) is 0.0181. The molecule has 0 spiro atoms. The number of aliphatic carboxylic acids is 1. The lowest BCUT2D eigenvalue weighted by Crippen LogP contribution is -2.48. The Bertz CT molecular complexity index is 2010. The lowest BCUT2D eigenvalue weighted by molar-refractivity contribution is -0.138. The van der Waals surface area contributed by atoms with Crippen molar-refractivity contribution in [3.8, 4) is 16.9 Å². The molecule has 0 radical (unpaired) electrons. The minimum atomic E-state index is -1.06. The minimum absolute atomic E-state index is 0.104. The molecule has 1 aromatic heterocycles. The van der Waals surface area contributed by atoms with Crippen molar-refractivity contribution in [1.29, 1.82) is 0 Å². The molecule has 0 aliphatic heterocycles. The lowest BCUT2D eigenvalue weighted by Gasteiger charge is -2.24. The predicted molar refractivity (Wildman–Crippen MR) is 233 cm³/mol. The average molecular weight is 842 g/mol. The summed E-state index contributed by atoms with van der Waals surface area (Å²) in [5.74, 6) is -0.178. The number of carbonyl (C=O) groups is 3. The van der Waals surface area contributed by atoms with E-state index >= 15 is 0 Å². The molecule has 0 aliphatic rings. The second kappa shape index (κ2) is 27.2. The van der Waals surface area contributed by atoms with E-state index in [1.165, 1.54) is 0 Å². The summed E-state index contributed by atoms with van der Waals surface area (Å²) in [6.07, 6.45) is 2.56. The number of nitrogens with zero attached hydrogens (tertiary/aromatic N) is 4. The molecule has 0 saturated heterocycles. The Hall–Kier alpha value is -5.77. The van der Waals surface area contributed by atoms with Crippen molar-refractivity contribution < 1.29 is 43.2 Å². The maximum atomic E-state index is 13.6. The number of aryl methyl sites for hydroxylation is 1. The third-order valence-electron chi connectivity index (χ3n) is 9.36. The van der Waals surface area contributed by atoms with Gasteiger partial charge in [0.25, 0.3) is 0 Å². The van der Waals surface area contributed by atoms with E-state index in [0.717, 1.165) is 39.0 Å². The van der Waals surface area contributed by atoms with Gasteiger partial charge < -0.3 is 44.7 Å². The molecule has 0 saturated carbocycles. The highest BCUT2D eigenvalue weighted by molar-refractivity contribution is 6.00. The van der Waals surface area contributed by atoms with Gasteiger partial charge in [-0.1, -0.05) is 73.6 Å². The number of hydrogen-bond donors (Lipinski definition) is 4. The van der Waals surface area contributed by atoms with Gasteiger partial charge in [0.15, 0.2) is 0 Å². The molecule has 4 aromatic rings. The van der Waals surface area contributed by atoms with E-state index in [4.69, 9.17) is 29.2 Å². The summed E-state index contributed by atoms with van der Waals surface area (Å²) in [7, 11) is 0. The van der Waals surface area contributed by atoms with E-state index < -0.39 is 24.0 Å². The molecule has 2 atom stereocenters. The number of fused-ring (bicyclic) bond motifs is 1. The second-order valence-corrected chi connectivity index (χ2v) is 14.7. The number of anilines is 1. The maximum Gasteiger partial charge on any atom is 0.305 e. The fourth-order valence-corrected chi connectivity index (χ4v) is 6.43. The molecule has 16 nitrogen and oxygen atoms in total. The van der Waals surface area contributed by atoms with Gasteiger partial charge in [-0.3, -0.25) is 14.4 Å². The molecule has 2 amide bonds. The molecule has 328 valence electrons. The first kappa shape index (κ1) is 47.9. The highest BCUT2D eigenvalue weighted by Gasteiger charge is 2.26. The van der Waals surface area contributed by atoms with E-state index in [-0.39, 0.29) is 24.7 Å². The van der Waals surface area contributed by atoms with Crippen molar-refractivity contribution in [3.63, 3.8) is 0 Å². The standard InChI is InChI=1S/C45H59N7O9/c1-32(2)29-40(50-43(53)9-6-17-47-42-30-33(3)16-18-48-42)45(56)51-39(31-44(54)55)35-12-10-34(11-13-35)36-14-15-41(38-8-5-4-7-37(36)38)61-28-27-60-26-25-59-24-23-58-22-21-57-20-19-49-52-46/h4-5,7-8,10-16,18,30,32,39-40H,6,9,17,19-29,31H2,1-3H3,(H,47,48)(H,50,53)(H,51,56)(H,54,55). The molecule has 1 heterocycles. The molecule has 16 heteroatoms. The number of benzene rings is 3. The fraction of sp³-hybridized carbons (Fsp3) is 0.467. The van der Waals surface area contributed by atoms with Gasteiger partial charge in [0.05, 0.1) is 65.3 Å². The van der Waals surface area contributed by atoms with Crippen LogP contribution in [0.25, 0.3) is 32.3 Å². The highest BCUT2D eigenvalue weighted by atomic mass is 16.6. The van der Waals surface area contributed by atoms with E-state index in [1.54, 1.807) is 6.20 Å². The van der Waals surface area contributed by atoms with Crippen molar-refractivity contribution in [3.05, 3.63) is 101 Å². The molecule has 61 heavy (non-hydrogen) atoms. The van der Waals surface area contributed by atoms with Gasteiger partial charge in [0.1, 0.15) is 24.2 Å². The molecule has 3 aromatic carbocycles. The van der Waals surface area contributed by atoms with Gasteiger partial charge in [-0.05, 0) is 77.1 Å². The monoisotopic (exact) mass is 841 g/mol. The number of hydrogen-bond acceptors (Lipinski definition) is 11. The lowest BCUT2D eigenvalue weighted by atomic mass is 9.95. The topological polar surface area (TPSA) is 215 Å². The SMILES string of the molecule is Cc1ccnc(NCCCC(=O)NC(CC(C)C)C(=O)NC(CC(=O)O)c2ccc(-c3ccc(OCCOCCOCCOCCOCCN=[N+]=[N-])c4ccccc34)cc2)c1. The van der Waals surface area contributed by atoms with Crippen molar-refractivity contribution >= 4 is 34.4 Å². The molecule has 2 unspecified atom stereocenters. The van der Waals surface area contributed by atoms with Crippen LogP contribution in [0, 0.1) is 12.8 Å². The maximum absolute atomic E-state index is 13.6. The number of pyridine rings is 1. The number of carbonyl (C=O) groups excluding carboxylic acids is 2. The van der Waals surface area contributed by atoms with Gasteiger partial charge >= 0.3 is 5.97 Å². The van der Waals surface area contributed by atoms with Crippen LogP contribution in [0.3, 0.4) is 0 Å². The third-order valence-corrected chi connectivity index (χ3v) is 9.36. The number of rotatable bonds is 30. The fourth-order valence-electron chi connectivity index (χ4n) is 6.43. The molecule has 4 N–H and O–H groups in total. The first-order valence-electron chi connectivity index (χ1n) is 20.7. The van der Waals surface area contributed by atoms with Crippen molar-refractivity contribution in [2.75, 3.05) is 77.9 Å². The largest absolute Gasteiger partial charge is 0.491 e. The summed E-state index contributed by atoms with van der Waals surface area (Å²) in [5, 5.41) is 24.1. The first-order chi connectivity index (χ1) is 29.6. The average Bonchev–Trinajstić information content (AvgIpc) is 3.24. The Balaban J connectivity index is 1.27. The normalized spacial score (nSPS) is 12.1. The van der Waals surface area contributed by atoms with E-state index in [1.807, 2.05) is 93.6 Å². The number of ether oxygens (including phenoxy) is 5. The third kappa shape index (κ3) is 17.8. The number of nitrogens with one attached hydrogen (secondary N) is 3. The van der Waals surface area contributed by atoms with Crippen LogP contribution in [0.15, 0.2) is 84.1 Å². The van der Waals surface area contributed by atoms with Crippen molar-refractivity contribution in [1.82, 2.24) is 15.6 Å². The van der Waals surface area contributed by atoms with Crippen LogP contribution in [0.5, 0.6) is 5.75 Å². The van der Waals surface area contributed by atoms with Crippen molar-refractivity contribution in [2.24, 2.45) is 11.0 Å². The predicted octanol–water partition coefficient (Wildman–Crippen LogP) is 7.02. The van der Waals surface area contributed by atoms with Crippen LogP contribution in [-0.4, -0.2) is 106 Å². The molecular weight excluding hydrogens is 783 g/mol. The smallest absolute Gasteiger partial charge is 0.305 e. The Morgan fingerprint density at radius 1 is 0.820 bits per heavy atom. The zero-order valence-electron chi connectivity index (χ0n) is 35.3. The first-order valence-corrected chi connectivity index (χ1v) is 20.7. The summed E-state index contributed by atoms with van der Waals surface area (Å²) in [6.45, 7) is 10.4. The van der Waals surface area contributed by atoms with Gasteiger partial charge in [-0.15, -0.1) is 0 Å². The Kier molecular flexibility index (Phi) is 21.3. The number of aromatic nitrogens is 1. The van der Waals surface area contributed by atoms with Gasteiger partial charge in [-0.2, -0.15) is 0 Å². The molecule has 0 fully saturated rings. The molecular formula is C45H59N7O9. The van der Waals surface area contributed by atoms with Gasteiger partial charge in [-0.25, -0.2) is 4.98 Å². The summed E-state index contributed by atoms with van der Waals surface area (Å²) >= 11 is 0. The summed E-state index contributed by atoms with van der Waals surface area (Å²) in [5.41, 5.74) is 11.8. The van der Waals surface area contributed by atoms with Crippen LogP contribution >= 0.6 is 0 Å². The summed E-state index contributed by atoms with van der Waals surface area (Å²) in [4.78, 5) is 45.5. The number of amides is 2. The number of carboxylic acids is 1. The molecule has 0 aliphatic carbocycles. The minimum Gasteiger partial charge on any atom is -0.491 e. The summed E-state index contributed by atoms with van der Waals surface area (Å²) in [6, 6.07) is 21.6. The molecule has 0 bridgehead atoms. The van der Waals surface area contributed by atoms with Crippen LogP contribution < -0.4 is 20.7 Å². The highest BCUT2D eigenvalue weighted by Crippen LogP contribution is 2.35. The molecule has 4 rings (SSSR count). The van der Waals surface area contributed by atoms with Crippen molar-refractivity contribution in [2.45, 2.75) is 58.5 Å². The number of carboxylic acid groups (broad SMARTS) is 1. The summed E-state index contributed by atoms with van der Waals surface area (Å²) < 4.78 is 28.0.